The van der Waals surface area contributed by atoms with Gasteiger partial charge >= 0.3 is 5.69 Å². The number of benzene rings is 1. The highest BCUT2D eigenvalue weighted by atomic mass is 32.1. The van der Waals surface area contributed by atoms with Gasteiger partial charge < -0.3 is 5.73 Å². The van der Waals surface area contributed by atoms with Gasteiger partial charge in [0, 0.05) is 18.5 Å². The number of hydrogen-bond acceptors (Lipinski definition) is 3. The molecule has 0 spiro atoms. The van der Waals surface area contributed by atoms with E-state index in [2.05, 4.69) is 5.10 Å². The van der Waals surface area contributed by atoms with Crippen molar-refractivity contribution in [1.29, 1.82) is 0 Å². The quantitative estimate of drug-likeness (QED) is 0.858. The van der Waals surface area contributed by atoms with Gasteiger partial charge in [-0.05, 0) is 18.4 Å². The molecule has 0 aliphatic carbocycles. The molecule has 1 aromatic carbocycles. The molecule has 2 aromatic rings. The molecule has 1 aromatic heterocycles. The molecule has 2 N–H and O–H groups in total. The maximum Gasteiger partial charge on any atom is 0.346 e. The van der Waals surface area contributed by atoms with E-state index >= 15 is 0 Å². The van der Waals surface area contributed by atoms with Crippen molar-refractivity contribution in [3.8, 4) is 0 Å². The van der Waals surface area contributed by atoms with Crippen LogP contribution in [0.5, 0.6) is 0 Å². The van der Waals surface area contributed by atoms with E-state index in [4.69, 9.17) is 18.0 Å². The van der Waals surface area contributed by atoms with Crippen molar-refractivity contribution in [1.82, 2.24) is 14.3 Å². The van der Waals surface area contributed by atoms with E-state index in [1.165, 1.54) is 4.68 Å². The van der Waals surface area contributed by atoms with Crippen LogP contribution in [-0.4, -0.2) is 19.3 Å². The van der Waals surface area contributed by atoms with E-state index in [0.29, 0.717) is 11.5 Å². The Balaban J connectivity index is 1.86. The Kier molecular flexibility index (Phi) is 3.40. The summed E-state index contributed by atoms with van der Waals surface area (Å²) in [5, 5.41) is 4.42. The minimum absolute atomic E-state index is 0.0156. The van der Waals surface area contributed by atoms with Crippen molar-refractivity contribution in [2.24, 2.45) is 5.73 Å². The van der Waals surface area contributed by atoms with Gasteiger partial charge in [0.2, 0.25) is 0 Å². The summed E-state index contributed by atoms with van der Waals surface area (Å²) in [6, 6.07) is 7.61. The third-order valence-electron chi connectivity index (χ3n) is 3.60. The Hall–Kier alpha value is -1.95. The smallest absolute Gasteiger partial charge is 0.346 e. The van der Waals surface area contributed by atoms with Crippen LogP contribution in [0.3, 0.4) is 0 Å². The Bertz CT molecular complexity index is 699. The summed E-state index contributed by atoms with van der Waals surface area (Å²) in [7, 11) is 0. The molecule has 2 heterocycles. The molecule has 0 atom stereocenters. The topological polar surface area (TPSA) is 65.8 Å². The molecule has 104 valence electrons. The van der Waals surface area contributed by atoms with Crippen molar-refractivity contribution in [2.75, 3.05) is 0 Å². The first-order valence-electron chi connectivity index (χ1n) is 6.70. The molecule has 1 aliphatic rings. The van der Waals surface area contributed by atoms with Crippen LogP contribution >= 0.6 is 12.2 Å². The fourth-order valence-corrected chi connectivity index (χ4v) is 2.63. The molecule has 0 unspecified atom stereocenters. The van der Waals surface area contributed by atoms with Gasteiger partial charge in [-0.2, -0.15) is 5.10 Å². The van der Waals surface area contributed by atoms with Crippen LogP contribution in [-0.2, 0) is 19.5 Å². The van der Waals surface area contributed by atoms with Crippen LogP contribution in [0.2, 0.25) is 0 Å². The van der Waals surface area contributed by atoms with Crippen LogP contribution in [0.1, 0.15) is 29.8 Å². The molecule has 0 saturated carbocycles. The highest BCUT2D eigenvalue weighted by Gasteiger charge is 2.16. The molecular formula is C14H16N4OS. The molecule has 0 amide bonds. The minimum Gasteiger partial charge on any atom is -0.389 e. The molecule has 6 heteroatoms. The summed E-state index contributed by atoms with van der Waals surface area (Å²) >= 11 is 4.92. The fourth-order valence-electron chi connectivity index (χ4n) is 2.50. The third-order valence-corrected chi connectivity index (χ3v) is 3.84. The number of nitrogens with zero attached hydrogens (tertiary/aromatic N) is 3. The minimum atomic E-state index is -0.0156. The van der Waals surface area contributed by atoms with Gasteiger partial charge in [0.1, 0.15) is 10.8 Å². The zero-order chi connectivity index (χ0) is 14.1. The number of thiocarbonyl (C=S) groups is 1. The van der Waals surface area contributed by atoms with Crippen molar-refractivity contribution in [3.05, 3.63) is 51.7 Å². The lowest BCUT2D eigenvalue weighted by atomic mass is 10.1. The predicted octanol–water partition coefficient (Wildman–Crippen LogP) is 1.06. The lowest BCUT2D eigenvalue weighted by molar-refractivity contribution is 0.511. The standard InChI is InChI=1S/C14H16N4OS/c15-13(20)11-6-4-10(5-7-11)9-18-14(19)17-8-2-1-3-12(17)16-18/h4-7H,1-3,8-9H2,(H2,15,20). The molecular weight excluding hydrogens is 272 g/mol. The Labute approximate surface area is 122 Å². The molecule has 3 rings (SSSR count). The zero-order valence-electron chi connectivity index (χ0n) is 11.1. The second-order valence-corrected chi connectivity index (χ2v) is 5.47. The normalized spacial score (nSPS) is 14.0. The maximum absolute atomic E-state index is 12.2. The second-order valence-electron chi connectivity index (χ2n) is 5.03. The Morgan fingerprint density at radius 2 is 2.05 bits per heavy atom. The number of fused-ring (bicyclic) bond motifs is 1. The Morgan fingerprint density at radius 1 is 1.30 bits per heavy atom. The van der Waals surface area contributed by atoms with Crippen molar-refractivity contribution in [3.63, 3.8) is 0 Å². The summed E-state index contributed by atoms with van der Waals surface area (Å²) in [6.45, 7) is 1.27. The van der Waals surface area contributed by atoms with E-state index in [1.807, 2.05) is 24.3 Å². The van der Waals surface area contributed by atoms with Gasteiger partial charge in [-0.1, -0.05) is 36.5 Å². The lowest BCUT2D eigenvalue weighted by Crippen LogP contribution is -2.27. The molecule has 0 saturated heterocycles. The van der Waals surface area contributed by atoms with Gasteiger partial charge in [0.15, 0.2) is 0 Å². The summed E-state index contributed by atoms with van der Waals surface area (Å²) in [6.07, 6.45) is 3.06. The van der Waals surface area contributed by atoms with Crippen LogP contribution < -0.4 is 11.4 Å². The number of nitrogens with two attached hydrogens (primary N) is 1. The molecule has 0 bridgehead atoms. The van der Waals surface area contributed by atoms with Gasteiger partial charge in [-0.15, -0.1) is 0 Å². The summed E-state index contributed by atoms with van der Waals surface area (Å²) < 4.78 is 3.32. The predicted molar refractivity (Wildman–Crippen MR) is 80.9 cm³/mol. The van der Waals surface area contributed by atoms with Gasteiger partial charge in [0.05, 0.1) is 6.54 Å². The van der Waals surface area contributed by atoms with Crippen LogP contribution in [0.15, 0.2) is 29.1 Å². The monoisotopic (exact) mass is 288 g/mol. The highest BCUT2D eigenvalue weighted by molar-refractivity contribution is 7.80. The second kappa shape index (κ2) is 5.20. The third kappa shape index (κ3) is 2.38. The summed E-state index contributed by atoms with van der Waals surface area (Å²) in [4.78, 5) is 12.6. The number of hydrogen-bond donors (Lipinski definition) is 1. The van der Waals surface area contributed by atoms with Crippen molar-refractivity contribution < 1.29 is 0 Å². The van der Waals surface area contributed by atoms with E-state index in [9.17, 15) is 4.79 Å². The van der Waals surface area contributed by atoms with Crippen molar-refractivity contribution in [2.45, 2.75) is 32.4 Å². The largest absolute Gasteiger partial charge is 0.389 e. The number of rotatable bonds is 3. The fraction of sp³-hybridized carbons (Fsp3) is 0.357. The van der Waals surface area contributed by atoms with Crippen LogP contribution in [0, 0.1) is 0 Å². The van der Waals surface area contributed by atoms with E-state index in [-0.39, 0.29) is 5.69 Å². The molecule has 20 heavy (non-hydrogen) atoms. The zero-order valence-corrected chi connectivity index (χ0v) is 11.9. The van der Waals surface area contributed by atoms with Crippen molar-refractivity contribution >= 4 is 17.2 Å². The van der Waals surface area contributed by atoms with Gasteiger partial charge in [-0.3, -0.25) is 4.57 Å². The van der Waals surface area contributed by atoms with E-state index in [0.717, 1.165) is 42.8 Å². The van der Waals surface area contributed by atoms with E-state index in [1.54, 1.807) is 4.57 Å². The number of aryl methyl sites for hydroxylation is 1. The molecule has 0 fully saturated rings. The van der Waals surface area contributed by atoms with Crippen LogP contribution in [0.4, 0.5) is 0 Å². The van der Waals surface area contributed by atoms with E-state index < -0.39 is 0 Å². The average molecular weight is 288 g/mol. The molecule has 5 nitrogen and oxygen atoms in total. The van der Waals surface area contributed by atoms with Crippen LogP contribution in [0.25, 0.3) is 0 Å². The van der Waals surface area contributed by atoms with Gasteiger partial charge in [0.25, 0.3) is 0 Å². The average Bonchev–Trinajstić information content (AvgIpc) is 2.77. The summed E-state index contributed by atoms with van der Waals surface area (Å²) in [5.41, 5.74) is 7.40. The molecule has 0 radical (unpaired) electrons. The first-order valence-corrected chi connectivity index (χ1v) is 7.11. The number of aromatic nitrogens is 3. The SMILES string of the molecule is NC(=S)c1ccc(Cn2nc3n(c2=O)CCCC3)cc1. The highest BCUT2D eigenvalue weighted by Crippen LogP contribution is 2.10. The first kappa shape index (κ1) is 13.1. The first-order chi connectivity index (χ1) is 9.65. The summed E-state index contributed by atoms with van der Waals surface area (Å²) in [5.74, 6) is 0.904. The van der Waals surface area contributed by atoms with Gasteiger partial charge in [-0.25, -0.2) is 9.48 Å². The maximum atomic E-state index is 12.2. The molecule has 1 aliphatic heterocycles. The lowest BCUT2D eigenvalue weighted by Gasteiger charge is -2.09. The Morgan fingerprint density at radius 3 is 2.70 bits per heavy atom.